The maximum atomic E-state index is 10.9. The first-order valence-electron chi connectivity index (χ1n) is 5.64. The molecule has 1 rings (SSSR count). The van der Waals surface area contributed by atoms with Gasteiger partial charge in [0.2, 0.25) is 0 Å². The van der Waals surface area contributed by atoms with Gasteiger partial charge in [-0.3, -0.25) is 4.98 Å². The van der Waals surface area contributed by atoms with Crippen molar-refractivity contribution in [1.29, 1.82) is 0 Å². The number of nitrogens with zero attached hydrogens (tertiary/aromatic N) is 1. The maximum absolute atomic E-state index is 10.9. The molecule has 5 heteroatoms. The molecule has 0 fully saturated rings. The van der Waals surface area contributed by atoms with Crippen LogP contribution in [-0.2, 0) is 11.2 Å². The first-order valence-corrected chi connectivity index (χ1v) is 5.64. The second-order valence-electron chi connectivity index (χ2n) is 3.79. The summed E-state index contributed by atoms with van der Waals surface area (Å²) in [5.74, 6) is -0.456. The van der Waals surface area contributed by atoms with Gasteiger partial charge in [0.15, 0.2) is 6.10 Å². The molecule has 0 aliphatic carbocycles. The Hall–Kier alpha value is -1.62. The molecule has 3 N–H and O–H groups in total. The van der Waals surface area contributed by atoms with Crippen LogP contribution in [0.5, 0.6) is 5.75 Å². The van der Waals surface area contributed by atoms with Crippen molar-refractivity contribution < 1.29 is 14.6 Å². The van der Waals surface area contributed by atoms with E-state index in [-0.39, 0.29) is 0 Å². The van der Waals surface area contributed by atoms with E-state index in [0.29, 0.717) is 30.8 Å². The van der Waals surface area contributed by atoms with Gasteiger partial charge in [-0.15, -0.1) is 0 Å². The molecule has 0 amide bonds. The van der Waals surface area contributed by atoms with E-state index in [9.17, 15) is 4.79 Å². The van der Waals surface area contributed by atoms with Crippen molar-refractivity contribution in [3.8, 4) is 5.75 Å². The number of carbonyl (C=O) groups is 1. The zero-order valence-corrected chi connectivity index (χ0v) is 10.1. The molecule has 1 atom stereocenters. The molecular weight excluding hydrogens is 220 g/mol. The zero-order chi connectivity index (χ0) is 12.8. The van der Waals surface area contributed by atoms with Gasteiger partial charge in [0.1, 0.15) is 5.75 Å². The summed E-state index contributed by atoms with van der Waals surface area (Å²) in [6, 6.07) is 3.54. The average molecular weight is 238 g/mol. The van der Waals surface area contributed by atoms with E-state index in [1.807, 2.05) is 6.92 Å². The lowest BCUT2D eigenvalue weighted by Gasteiger charge is -2.15. The van der Waals surface area contributed by atoms with Crippen molar-refractivity contribution in [3.05, 3.63) is 23.5 Å². The number of aryl methyl sites for hydroxylation is 1. The molecule has 0 aliphatic heterocycles. The highest BCUT2D eigenvalue weighted by Gasteiger charge is 2.18. The highest BCUT2D eigenvalue weighted by Crippen LogP contribution is 2.19. The lowest BCUT2D eigenvalue weighted by atomic mass is 10.2. The number of carboxylic acid groups (broad SMARTS) is 1. The van der Waals surface area contributed by atoms with E-state index in [2.05, 4.69) is 4.98 Å². The molecule has 5 nitrogen and oxygen atoms in total. The summed E-state index contributed by atoms with van der Waals surface area (Å²) in [5.41, 5.74) is 7.07. The van der Waals surface area contributed by atoms with Crippen molar-refractivity contribution in [1.82, 2.24) is 4.98 Å². The summed E-state index contributed by atoms with van der Waals surface area (Å²) in [4.78, 5) is 15.2. The predicted molar refractivity (Wildman–Crippen MR) is 64.1 cm³/mol. The molecule has 1 aromatic rings. The maximum Gasteiger partial charge on any atom is 0.344 e. The van der Waals surface area contributed by atoms with Crippen molar-refractivity contribution in [3.63, 3.8) is 0 Å². The Morgan fingerprint density at radius 1 is 1.59 bits per heavy atom. The smallest absolute Gasteiger partial charge is 0.344 e. The largest absolute Gasteiger partial charge is 0.479 e. The van der Waals surface area contributed by atoms with Crippen molar-refractivity contribution in [2.45, 2.75) is 32.8 Å². The van der Waals surface area contributed by atoms with Crippen molar-refractivity contribution >= 4 is 5.97 Å². The SMILES string of the molecule is CCC(Oc1ccc(C)nc1CCN)C(=O)O. The summed E-state index contributed by atoms with van der Waals surface area (Å²) < 4.78 is 5.45. The van der Waals surface area contributed by atoms with Crippen LogP contribution in [0, 0.1) is 6.92 Å². The Morgan fingerprint density at radius 3 is 2.82 bits per heavy atom. The summed E-state index contributed by atoms with van der Waals surface area (Å²) in [6.07, 6.45) is 0.147. The lowest BCUT2D eigenvalue weighted by Crippen LogP contribution is -2.26. The monoisotopic (exact) mass is 238 g/mol. The summed E-state index contributed by atoms with van der Waals surface area (Å²) in [7, 11) is 0. The van der Waals surface area contributed by atoms with Gasteiger partial charge >= 0.3 is 5.97 Å². The molecule has 0 radical (unpaired) electrons. The van der Waals surface area contributed by atoms with E-state index in [1.54, 1.807) is 19.1 Å². The first-order chi connectivity index (χ1) is 8.08. The number of hydrogen-bond donors (Lipinski definition) is 2. The van der Waals surface area contributed by atoms with Gasteiger partial charge in [0.25, 0.3) is 0 Å². The molecule has 0 spiro atoms. The molecule has 94 valence electrons. The van der Waals surface area contributed by atoms with Gasteiger partial charge < -0.3 is 15.6 Å². The van der Waals surface area contributed by atoms with Crippen LogP contribution in [-0.4, -0.2) is 28.7 Å². The van der Waals surface area contributed by atoms with Crippen LogP contribution in [0.3, 0.4) is 0 Å². The minimum atomic E-state index is -0.966. The Kier molecular flexibility index (Phi) is 4.90. The minimum absolute atomic E-state index is 0.408. The van der Waals surface area contributed by atoms with E-state index in [1.165, 1.54) is 0 Å². The van der Waals surface area contributed by atoms with Crippen LogP contribution in [0.25, 0.3) is 0 Å². The second kappa shape index (κ2) is 6.20. The second-order valence-corrected chi connectivity index (χ2v) is 3.79. The third kappa shape index (κ3) is 3.71. The van der Waals surface area contributed by atoms with Crippen LogP contribution in [0.4, 0.5) is 0 Å². The number of nitrogens with two attached hydrogens (primary N) is 1. The molecule has 1 unspecified atom stereocenters. The summed E-state index contributed by atoms with van der Waals surface area (Å²) >= 11 is 0. The number of hydrogen-bond acceptors (Lipinski definition) is 4. The Labute approximate surface area is 101 Å². The number of carboxylic acids is 1. The number of aromatic nitrogens is 1. The molecule has 0 saturated carbocycles. The third-order valence-corrected chi connectivity index (χ3v) is 2.37. The predicted octanol–water partition coefficient (Wildman–Crippen LogP) is 1.13. The van der Waals surface area contributed by atoms with Crippen LogP contribution >= 0.6 is 0 Å². The van der Waals surface area contributed by atoms with E-state index < -0.39 is 12.1 Å². The standard InChI is InChI=1S/C12H18N2O3/c1-3-10(12(15)16)17-11-5-4-8(2)14-9(11)6-7-13/h4-5,10H,3,6-7,13H2,1-2H3,(H,15,16). The van der Waals surface area contributed by atoms with Gasteiger partial charge in [-0.05, 0) is 32.0 Å². The molecule has 17 heavy (non-hydrogen) atoms. The topological polar surface area (TPSA) is 85.4 Å². The fourth-order valence-corrected chi connectivity index (χ4v) is 1.48. The number of aliphatic carboxylic acids is 1. The highest BCUT2D eigenvalue weighted by atomic mass is 16.5. The summed E-state index contributed by atoms with van der Waals surface area (Å²) in [5, 5.41) is 8.94. The number of ether oxygens (including phenoxy) is 1. The van der Waals surface area contributed by atoms with Gasteiger partial charge in [-0.1, -0.05) is 6.92 Å². The van der Waals surface area contributed by atoms with Gasteiger partial charge in [0, 0.05) is 12.1 Å². The fourth-order valence-electron chi connectivity index (χ4n) is 1.48. The third-order valence-electron chi connectivity index (χ3n) is 2.37. The van der Waals surface area contributed by atoms with Gasteiger partial charge in [-0.2, -0.15) is 0 Å². The molecule has 1 heterocycles. The molecule has 0 aromatic carbocycles. The minimum Gasteiger partial charge on any atom is -0.479 e. The Bertz CT molecular complexity index is 393. The van der Waals surface area contributed by atoms with Gasteiger partial charge in [0.05, 0.1) is 5.69 Å². The highest BCUT2D eigenvalue weighted by molar-refractivity contribution is 5.72. The Balaban J connectivity index is 2.92. The van der Waals surface area contributed by atoms with Crippen molar-refractivity contribution in [2.24, 2.45) is 5.73 Å². The van der Waals surface area contributed by atoms with E-state index >= 15 is 0 Å². The number of pyridine rings is 1. The van der Waals surface area contributed by atoms with Crippen LogP contribution in [0.2, 0.25) is 0 Å². The summed E-state index contributed by atoms with van der Waals surface area (Å²) in [6.45, 7) is 4.10. The first kappa shape index (κ1) is 13.4. The lowest BCUT2D eigenvalue weighted by molar-refractivity contribution is -0.145. The van der Waals surface area contributed by atoms with E-state index in [0.717, 1.165) is 5.69 Å². The molecule has 0 saturated heterocycles. The molecule has 0 aliphatic rings. The van der Waals surface area contributed by atoms with Gasteiger partial charge in [-0.25, -0.2) is 4.79 Å². The molecular formula is C12H18N2O3. The van der Waals surface area contributed by atoms with Crippen LogP contribution in [0.1, 0.15) is 24.7 Å². The average Bonchev–Trinajstić information content (AvgIpc) is 2.28. The Morgan fingerprint density at radius 2 is 2.29 bits per heavy atom. The van der Waals surface area contributed by atoms with E-state index in [4.69, 9.17) is 15.6 Å². The molecule has 1 aromatic heterocycles. The van der Waals surface area contributed by atoms with Crippen LogP contribution < -0.4 is 10.5 Å². The number of rotatable bonds is 6. The van der Waals surface area contributed by atoms with Crippen LogP contribution in [0.15, 0.2) is 12.1 Å². The normalized spacial score (nSPS) is 12.2. The fraction of sp³-hybridized carbons (Fsp3) is 0.500. The quantitative estimate of drug-likeness (QED) is 0.776. The molecule has 0 bridgehead atoms. The van der Waals surface area contributed by atoms with Crippen molar-refractivity contribution in [2.75, 3.05) is 6.54 Å². The zero-order valence-electron chi connectivity index (χ0n) is 10.1.